The lowest BCUT2D eigenvalue weighted by Gasteiger charge is -2.36. The molecule has 0 unspecified atom stereocenters. The van der Waals surface area contributed by atoms with Crippen molar-refractivity contribution >= 4 is 27.9 Å². The highest BCUT2D eigenvalue weighted by molar-refractivity contribution is 7.89. The zero-order chi connectivity index (χ0) is 24.0. The SMILES string of the molecule is CCOC(=O)N1CCN(C(=O)N(CC(=O)c2ccccc2)S(=O)(=O)c2ccc(C)cc2)CC1. The number of sulfonamides is 1. The number of carbonyl (C=O) groups is 3. The molecule has 176 valence electrons. The highest BCUT2D eigenvalue weighted by Gasteiger charge is 2.36. The molecule has 33 heavy (non-hydrogen) atoms. The summed E-state index contributed by atoms with van der Waals surface area (Å²) in [6, 6.07) is 13.5. The predicted octanol–water partition coefficient (Wildman–Crippen LogP) is 2.76. The molecule has 0 aliphatic carbocycles. The summed E-state index contributed by atoms with van der Waals surface area (Å²) in [5.41, 5.74) is 1.17. The fourth-order valence-corrected chi connectivity index (χ4v) is 4.73. The van der Waals surface area contributed by atoms with Crippen LogP contribution in [0.4, 0.5) is 9.59 Å². The van der Waals surface area contributed by atoms with Crippen LogP contribution >= 0.6 is 0 Å². The lowest BCUT2D eigenvalue weighted by Crippen LogP contribution is -2.55. The molecule has 1 saturated heterocycles. The molecular weight excluding hydrogens is 446 g/mol. The molecule has 0 saturated carbocycles. The number of ether oxygens (including phenoxy) is 1. The maximum atomic E-state index is 13.4. The van der Waals surface area contributed by atoms with Gasteiger partial charge in [-0.25, -0.2) is 22.3 Å². The summed E-state index contributed by atoms with van der Waals surface area (Å²) in [6.45, 7) is 3.79. The van der Waals surface area contributed by atoms with E-state index in [1.54, 1.807) is 49.4 Å². The molecular formula is C23H27N3O6S. The monoisotopic (exact) mass is 473 g/mol. The first kappa shape index (κ1) is 24.2. The number of piperazine rings is 1. The molecule has 9 nitrogen and oxygen atoms in total. The van der Waals surface area contributed by atoms with Gasteiger partial charge in [0.1, 0.15) is 6.54 Å². The van der Waals surface area contributed by atoms with Crippen LogP contribution in [-0.4, -0.2) is 79.8 Å². The Labute approximate surface area is 193 Å². The van der Waals surface area contributed by atoms with Gasteiger partial charge in [0.05, 0.1) is 11.5 Å². The Bertz CT molecular complexity index is 1090. The molecule has 0 radical (unpaired) electrons. The number of aryl methyl sites for hydroxylation is 1. The normalized spacial score (nSPS) is 14.0. The second kappa shape index (κ2) is 10.5. The van der Waals surface area contributed by atoms with Gasteiger partial charge in [0, 0.05) is 31.7 Å². The van der Waals surface area contributed by atoms with E-state index in [0.717, 1.165) is 5.56 Å². The first-order valence-electron chi connectivity index (χ1n) is 10.6. The number of urea groups is 1. The maximum Gasteiger partial charge on any atom is 0.409 e. The second-order valence-electron chi connectivity index (χ2n) is 7.57. The molecule has 10 heteroatoms. The Hall–Kier alpha value is -3.40. The van der Waals surface area contributed by atoms with Gasteiger partial charge in [-0.2, -0.15) is 0 Å². The van der Waals surface area contributed by atoms with E-state index in [1.807, 2.05) is 6.92 Å². The van der Waals surface area contributed by atoms with E-state index in [-0.39, 0.29) is 37.7 Å². The van der Waals surface area contributed by atoms with Gasteiger partial charge in [-0.05, 0) is 26.0 Å². The molecule has 1 aliphatic heterocycles. The average molecular weight is 474 g/mol. The van der Waals surface area contributed by atoms with Gasteiger partial charge >= 0.3 is 12.1 Å². The lowest BCUT2D eigenvalue weighted by atomic mass is 10.1. The summed E-state index contributed by atoms with van der Waals surface area (Å²) >= 11 is 0. The zero-order valence-electron chi connectivity index (χ0n) is 18.6. The van der Waals surface area contributed by atoms with Crippen LogP contribution in [0.3, 0.4) is 0 Å². The molecule has 0 atom stereocenters. The molecule has 2 aromatic carbocycles. The fourth-order valence-electron chi connectivity index (χ4n) is 3.39. The van der Waals surface area contributed by atoms with E-state index >= 15 is 0 Å². The van der Waals surface area contributed by atoms with E-state index in [9.17, 15) is 22.8 Å². The van der Waals surface area contributed by atoms with Crippen LogP contribution in [0.5, 0.6) is 0 Å². The number of ketones is 1. The standard InChI is InChI=1S/C23H27N3O6S/c1-3-32-23(29)25-15-13-24(14-16-25)22(28)26(17-21(27)19-7-5-4-6-8-19)33(30,31)20-11-9-18(2)10-12-20/h4-12H,3,13-17H2,1-2H3. The summed E-state index contributed by atoms with van der Waals surface area (Å²) in [4.78, 5) is 40.8. The smallest absolute Gasteiger partial charge is 0.409 e. The van der Waals surface area contributed by atoms with E-state index in [1.165, 1.54) is 21.9 Å². The Kier molecular flexibility index (Phi) is 7.70. The molecule has 1 aliphatic rings. The van der Waals surface area contributed by atoms with Crippen molar-refractivity contribution in [3.8, 4) is 0 Å². The minimum Gasteiger partial charge on any atom is -0.450 e. The van der Waals surface area contributed by atoms with Gasteiger partial charge in [0.2, 0.25) is 0 Å². The molecule has 2 aromatic rings. The number of carbonyl (C=O) groups excluding carboxylic acids is 3. The van der Waals surface area contributed by atoms with Crippen LogP contribution < -0.4 is 0 Å². The molecule has 3 rings (SSSR count). The lowest BCUT2D eigenvalue weighted by molar-refractivity contribution is 0.0813. The third-order valence-electron chi connectivity index (χ3n) is 5.28. The van der Waals surface area contributed by atoms with E-state index in [0.29, 0.717) is 9.87 Å². The Morgan fingerprint density at radius 1 is 0.909 bits per heavy atom. The quantitative estimate of drug-likeness (QED) is 0.598. The number of Topliss-reactive ketones (excluding diaryl/α,β-unsaturated/α-hetero) is 1. The average Bonchev–Trinajstić information content (AvgIpc) is 2.83. The van der Waals surface area contributed by atoms with Gasteiger partial charge in [-0.15, -0.1) is 0 Å². The van der Waals surface area contributed by atoms with Crippen molar-refractivity contribution in [2.75, 3.05) is 39.3 Å². The van der Waals surface area contributed by atoms with Gasteiger partial charge in [0.15, 0.2) is 5.78 Å². The van der Waals surface area contributed by atoms with Crippen LogP contribution in [0.15, 0.2) is 59.5 Å². The topological polar surface area (TPSA) is 104 Å². The molecule has 1 heterocycles. The second-order valence-corrected chi connectivity index (χ2v) is 9.43. The Morgan fingerprint density at radius 3 is 2.06 bits per heavy atom. The van der Waals surface area contributed by atoms with Crippen molar-refractivity contribution in [3.05, 3.63) is 65.7 Å². The Morgan fingerprint density at radius 2 is 1.48 bits per heavy atom. The van der Waals surface area contributed by atoms with Gasteiger partial charge in [-0.1, -0.05) is 48.0 Å². The van der Waals surface area contributed by atoms with Crippen LogP contribution in [0, 0.1) is 6.92 Å². The molecule has 3 amide bonds. The van der Waals surface area contributed by atoms with Crippen LogP contribution in [0.2, 0.25) is 0 Å². The van der Waals surface area contributed by atoms with Crippen LogP contribution in [0.1, 0.15) is 22.8 Å². The molecule has 0 bridgehead atoms. The summed E-state index contributed by atoms with van der Waals surface area (Å²) in [7, 11) is -4.29. The number of amides is 3. The summed E-state index contributed by atoms with van der Waals surface area (Å²) < 4.78 is 32.4. The third-order valence-corrected chi connectivity index (χ3v) is 7.01. The highest BCUT2D eigenvalue weighted by Crippen LogP contribution is 2.20. The van der Waals surface area contributed by atoms with Gasteiger partial charge in [-0.3, -0.25) is 4.79 Å². The van der Waals surface area contributed by atoms with Crippen molar-refractivity contribution < 1.29 is 27.5 Å². The summed E-state index contributed by atoms with van der Waals surface area (Å²) in [5, 5.41) is 0. The Balaban J connectivity index is 1.85. The van der Waals surface area contributed by atoms with Crippen molar-refractivity contribution in [3.63, 3.8) is 0 Å². The molecule has 0 aromatic heterocycles. The zero-order valence-corrected chi connectivity index (χ0v) is 19.5. The van der Waals surface area contributed by atoms with Crippen LogP contribution in [-0.2, 0) is 14.8 Å². The van der Waals surface area contributed by atoms with Gasteiger partial charge < -0.3 is 14.5 Å². The van der Waals surface area contributed by atoms with E-state index in [4.69, 9.17) is 4.74 Å². The van der Waals surface area contributed by atoms with Gasteiger partial charge in [0.25, 0.3) is 10.0 Å². The maximum absolute atomic E-state index is 13.4. The minimum absolute atomic E-state index is 0.0764. The summed E-state index contributed by atoms with van der Waals surface area (Å²) in [6.07, 6.45) is -0.479. The van der Waals surface area contributed by atoms with Crippen LogP contribution in [0.25, 0.3) is 0 Å². The molecule has 0 spiro atoms. The first-order chi connectivity index (χ1) is 15.7. The minimum atomic E-state index is -4.29. The van der Waals surface area contributed by atoms with Crippen molar-refractivity contribution in [2.24, 2.45) is 0 Å². The van der Waals surface area contributed by atoms with Crippen molar-refractivity contribution in [1.82, 2.24) is 14.1 Å². The number of hydrogen-bond donors (Lipinski definition) is 0. The number of benzene rings is 2. The third kappa shape index (κ3) is 5.70. The number of nitrogens with zero attached hydrogens (tertiary/aromatic N) is 3. The molecule has 0 N–H and O–H groups in total. The number of hydrogen-bond acceptors (Lipinski definition) is 6. The van der Waals surface area contributed by atoms with Crippen molar-refractivity contribution in [1.29, 1.82) is 0 Å². The van der Waals surface area contributed by atoms with E-state index < -0.39 is 34.5 Å². The predicted molar refractivity (Wildman–Crippen MR) is 121 cm³/mol. The first-order valence-corrected chi connectivity index (χ1v) is 12.1. The fraction of sp³-hybridized carbons (Fsp3) is 0.348. The highest BCUT2D eigenvalue weighted by atomic mass is 32.2. The van der Waals surface area contributed by atoms with E-state index in [2.05, 4.69) is 0 Å². The van der Waals surface area contributed by atoms with Crippen molar-refractivity contribution in [2.45, 2.75) is 18.7 Å². The number of rotatable bonds is 6. The molecule has 1 fully saturated rings. The largest absolute Gasteiger partial charge is 0.450 e. The summed E-state index contributed by atoms with van der Waals surface area (Å²) in [5.74, 6) is -0.496.